The number of Topliss-reactive ketones (excluding diaryl/α,β-unsaturated/α-hetero) is 1. The van der Waals surface area contributed by atoms with Crippen molar-refractivity contribution in [2.75, 3.05) is 6.61 Å². The number of carbonyl (C=O) groups is 1. The van der Waals surface area contributed by atoms with Crippen molar-refractivity contribution in [1.82, 2.24) is 9.78 Å². The lowest BCUT2D eigenvalue weighted by Crippen LogP contribution is -2.38. The highest BCUT2D eigenvalue weighted by Gasteiger charge is 2.32. The summed E-state index contributed by atoms with van der Waals surface area (Å²) >= 11 is 0. The zero-order valence-electron chi connectivity index (χ0n) is 13.5. The first kappa shape index (κ1) is 15.7. The lowest BCUT2D eigenvalue weighted by molar-refractivity contribution is -0.136. The van der Waals surface area contributed by atoms with E-state index in [1.54, 1.807) is 0 Å². The third-order valence-corrected chi connectivity index (χ3v) is 3.59. The molecule has 1 aromatic heterocycles. The second kappa shape index (κ2) is 5.98. The molecule has 21 heavy (non-hydrogen) atoms. The van der Waals surface area contributed by atoms with Crippen molar-refractivity contribution < 1.29 is 9.53 Å². The van der Waals surface area contributed by atoms with Crippen LogP contribution in [-0.4, -0.2) is 28.3 Å². The predicted octanol–water partition coefficient (Wildman–Crippen LogP) is 3.14. The zero-order chi connectivity index (χ0) is 15.6. The molecule has 0 aliphatic rings. The van der Waals surface area contributed by atoms with E-state index in [1.807, 2.05) is 63.7 Å². The number of hydrogen-bond acceptors (Lipinski definition) is 3. The van der Waals surface area contributed by atoms with Crippen LogP contribution >= 0.6 is 0 Å². The molecule has 2 aromatic rings. The molecule has 0 saturated heterocycles. The number of aryl methyl sites for hydroxylation is 1. The minimum atomic E-state index is -0.400. The van der Waals surface area contributed by atoms with Crippen LogP contribution in [0.2, 0.25) is 0 Å². The Hall–Kier alpha value is -1.68. The molecule has 4 heteroatoms. The van der Waals surface area contributed by atoms with Crippen LogP contribution in [0.4, 0.5) is 0 Å². The summed E-state index contributed by atoms with van der Waals surface area (Å²) in [4.78, 5) is 12.6. The topological polar surface area (TPSA) is 44.1 Å². The molecule has 0 aliphatic carbocycles. The van der Waals surface area contributed by atoms with Crippen molar-refractivity contribution in [2.45, 2.75) is 40.2 Å². The number of para-hydroxylation sites is 1. The average molecular weight is 288 g/mol. The van der Waals surface area contributed by atoms with Gasteiger partial charge in [0.25, 0.3) is 0 Å². The van der Waals surface area contributed by atoms with E-state index in [1.165, 1.54) is 0 Å². The summed E-state index contributed by atoms with van der Waals surface area (Å²) < 4.78 is 7.50. The van der Waals surface area contributed by atoms with E-state index < -0.39 is 6.10 Å². The highest BCUT2D eigenvalue weighted by molar-refractivity contribution is 5.91. The van der Waals surface area contributed by atoms with E-state index in [2.05, 4.69) is 5.10 Å². The van der Waals surface area contributed by atoms with Crippen LogP contribution < -0.4 is 0 Å². The first-order valence-electron chi connectivity index (χ1n) is 7.39. The molecule has 0 aliphatic heterocycles. The molecular weight excluding hydrogens is 264 g/mol. The maximum absolute atomic E-state index is 12.6. The lowest BCUT2D eigenvalue weighted by Gasteiger charge is -2.28. The summed E-state index contributed by atoms with van der Waals surface area (Å²) in [5.41, 5.74) is 1.66. The maximum Gasteiger partial charge on any atom is 0.168 e. The van der Waals surface area contributed by atoms with Crippen LogP contribution in [0.1, 0.15) is 33.4 Å². The van der Waals surface area contributed by atoms with Gasteiger partial charge in [0.2, 0.25) is 0 Å². The monoisotopic (exact) mass is 288 g/mol. The fourth-order valence-corrected chi connectivity index (χ4v) is 2.67. The van der Waals surface area contributed by atoms with Gasteiger partial charge in [-0.3, -0.25) is 9.48 Å². The first-order valence-corrected chi connectivity index (χ1v) is 7.39. The van der Waals surface area contributed by atoms with Crippen molar-refractivity contribution in [3.63, 3.8) is 0 Å². The van der Waals surface area contributed by atoms with Crippen LogP contribution in [0.3, 0.4) is 0 Å². The molecule has 1 heterocycles. The molecule has 1 aromatic carbocycles. The first-order chi connectivity index (χ1) is 9.84. The number of hydrogen-bond donors (Lipinski definition) is 0. The Labute approximate surface area is 126 Å². The van der Waals surface area contributed by atoms with Gasteiger partial charge in [-0.1, -0.05) is 39.0 Å². The third kappa shape index (κ3) is 3.32. The number of fused-ring (bicyclic) bond motifs is 1. The highest BCUT2D eigenvalue weighted by Crippen LogP contribution is 2.25. The number of rotatable bonds is 5. The summed E-state index contributed by atoms with van der Waals surface area (Å²) in [5, 5.41) is 5.53. The average Bonchev–Trinajstić information content (AvgIpc) is 2.72. The summed E-state index contributed by atoms with van der Waals surface area (Å²) in [6, 6.07) is 7.98. The Morgan fingerprint density at radius 1 is 1.33 bits per heavy atom. The van der Waals surface area contributed by atoms with E-state index >= 15 is 0 Å². The maximum atomic E-state index is 12.6. The van der Waals surface area contributed by atoms with Gasteiger partial charge in [0.1, 0.15) is 6.10 Å². The van der Waals surface area contributed by atoms with Gasteiger partial charge in [0.15, 0.2) is 5.78 Å². The summed E-state index contributed by atoms with van der Waals surface area (Å²) in [7, 11) is 1.90. The van der Waals surface area contributed by atoms with E-state index in [4.69, 9.17) is 4.74 Å². The Bertz CT molecular complexity index is 638. The van der Waals surface area contributed by atoms with Gasteiger partial charge in [-0.05, 0) is 18.4 Å². The largest absolute Gasteiger partial charge is 0.370 e. The van der Waals surface area contributed by atoms with E-state index in [0.717, 1.165) is 16.6 Å². The third-order valence-electron chi connectivity index (χ3n) is 3.59. The van der Waals surface area contributed by atoms with Gasteiger partial charge < -0.3 is 4.74 Å². The van der Waals surface area contributed by atoms with Gasteiger partial charge >= 0.3 is 0 Å². The van der Waals surface area contributed by atoms with Gasteiger partial charge in [-0.15, -0.1) is 0 Å². The standard InChI is InChI=1S/C17H24N2O2/c1-6-21-16(17(2,3)4)15(20)11-13-12-9-7-8-10-14(12)19(5)18-13/h7-10,16H,6,11H2,1-5H3. The fourth-order valence-electron chi connectivity index (χ4n) is 2.67. The lowest BCUT2D eigenvalue weighted by atomic mass is 9.85. The van der Waals surface area contributed by atoms with Gasteiger partial charge in [0.05, 0.1) is 17.6 Å². The number of benzene rings is 1. The number of carbonyl (C=O) groups excluding carboxylic acids is 1. The zero-order valence-corrected chi connectivity index (χ0v) is 13.5. The molecule has 0 amide bonds. The molecule has 0 radical (unpaired) electrons. The van der Waals surface area contributed by atoms with Crippen molar-refractivity contribution >= 4 is 16.7 Å². The van der Waals surface area contributed by atoms with Crippen LogP contribution in [0.5, 0.6) is 0 Å². The molecule has 4 nitrogen and oxygen atoms in total. The molecule has 1 unspecified atom stereocenters. The Morgan fingerprint density at radius 2 is 2.00 bits per heavy atom. The summed E-state index contributed by atoms with van der Waals surface area (Å²) in [5.74, 6) is 0.0909. The van der Waals surface area contributed by atoms with E-state index in [-0.39, 0.29) is 11.2 Å². The summed E-state index contributed by atoms with van der Waals surface area (Å²) in [6.45, 7) is 8.55. The van der Waals surface area contributed by atoms with Crippen molar-refractivity contribution in [3.8, 4) is 0 Å². The second-order valence-electron chi connectivity index (χ2n) is 6.43. The Kier molecular flexibility index (Phi) is 4.47. The van der Waals surface area contributed by atoms with Gasteiger partial charge in [-0.25, -0.2) is 0 Å². The van der Waals surface area contributed by atoms with Gasteiger partial charge in [-0.2, -0.15) is 5.10 Å². The van der Waals surface area contributed by atoms with Crippen molar-refractivity contribution in [2.24, 2.45) is 12.5 Å². The SMILES string of the molecule is CCOC(C(=O)Cc1nn(C)c2ccccc12)C(C)(C)C. The highest BCUT2D eigenvalue weighted by atomic mass is 16.5. The van der Waals surface area contributed by atoms with Crippen LogP contribution in [0, 0.1) is 5.41 Å². The number of ether oxygens (including phenoxy) is 1. The normalized spacial score (nSPS) is 13.6. The van der Waals surface area contributed by atoms with Crippen molar-refractivity contribution in [1.29, 1.82) is 0 Å². The number of aromatic nitrogens is 2. The predicted molar refractivity (Wildman–Crippen MR) is 84.3 cm³/mol. The van der Waals surface area contributed by atoms with E-state index in [0.29, 0.717) is 13.0 Å². The fraction of sp³-hybridized carbons (Fsp3) is 0.529. The molecule has 0 fully saturated rings. The minimum Gasteiger partial charge on any atom is -0.370 e. The summed E-state index contributed by atoms with van der Waals surface area (Å²) in [6.07, 6.45) is -0.0909. The molecule has 0 saturated carbocycles. The Balaban J connectivity index is 2.29. The van der Waals surface area contributed by atoms with Crippen molar-refractivity contribution in [3.05, 3.63) is 30.0 Å². The van der Waals surface area contributed by atoms with Crippen LogP contribution in [0.15, 0.2) is 24.3 Å². The molecule has 0 spiro atoms. The Morgan fingerprint density at radius 3 is 2.62 bits per heavy atom. The van der Waals surface area contributed by atoms with Crippen LogP contribution in [-0.2, 0) is 23.0 Å². The molecule has 2 rings (SSSR count). The van der Waals surface area contributed by atoms with E-state index in [9.17, 15) is 4.79 Å². The molecular formula is C17H24N2O2. The molecule has 0 N–H and O–H groups in total. The second-order valence-corrected chi connectivity index (χ2v) is 6.43. The molecule has 114 valence electrons. The number of ketones is 1. The minimum absolute atomic E-state index is 0.0909. The molecule has 1 atom stereocenters. The number of nitrogens with zero attached hydrogens (tertiary/aromatic N) is 2. The quantitative estimate of drug-likeness (QED) is 0.849. The van der Waals surface area contributed by atoms with Crippen LogP contribution in [0.25, 0.3) is 10.9 Å². The molecule has 0 bridgehead atoms. The smallest absolute Gasteiger partial charge is 0.168 e. The van der Waals surface area contributed by atoms with Gasteiger partial charge in [0, 0.05) is 19.0 Å².